The molecule has 2 heterocycles. The van der Waals surface area contributed by atoms with Gasteiger partial charge in [0.05, 0.1) is 12.2 Å². The highest BCUT2D eigenvalue weighted by molar-refractivity contribution is 14.0. The van der Waals surface area contributed by atoms with Crippen molar-refractivity contribution in [2.75, 3.05) is 44.7 Å². The number of benzene rings is 1. The third-order valence-electron chi connectivity index (χ3n) is 6.02. The van der Waals surface area contributed by atoms with Gasteiger partial charge in [0.2, 0.25) is 5.91 Å². The molecule has 0 bridgehead atoms. The molecule has 0 saturated carbocycles. The topological polar surface area (TPSA) is 86.0 Å². The zero-order valence-electron chi connectivity index (χ0n) is 19.9. The van der Waals surface area contributed by atoms with E-state index in [2.05, 4.69) is 51.7 Å². The number of hydrogen-bond acceptors (Lipinski definition) is 5. The maximum absolute atomic E-state index is 12.6. The van der Waals surface area contributed by atoms with Crippen LogP contribution in [0, 0.1) is 0 Å². The molecule has 2 N–H and O–H groups in total. The number of amides is 1. The molecule has 1 aliphatic heterocycles. The molecule has 1 saturated heterocycles. The summed E-state index contributed by atoms with van der Waals surface area (Å²) in [5, 5.41) is 10.6. The summed E-state index contributed by atoms with van der Waals surface area (Å²) in [4.78, 5) is 21.1. The lowest BCUT2D eigenvalue weighted by atomic mass is 9.99. The van der Waals surface area contributed by atoms with Crippen LogP contribution in [-0.2, 0) is 11.3 Å². The van der Waals surface area contributed by atoms with Crippen molar-refractivity contribution in [2.45, 2.75) is 45.6 Å². The van der Waals surface area contributed by atoms with Gasteiger partial charge >= 0.3 is 0 Å². The van der Waals surface area contributed by atoms with Crippen LogP contribution in [-0.4, -0.2) is 61.7 Å². The van der Waals surface area contributed by atoms with Gasteiger partial charge in [-0.05, 0) is 25.0 Å². The van der Waals surface area contributed by atoms with E-state index >= 15 is 0 Å². The van der Waals surface area contributed by atoms with Crippen LogP contribution in [0.5, 0.6) is 0 Å². The maximum atomic E-state index is 12.6. The Balaban J connectivity index is 0.00000385. The summed E-state index contributed by atoms with van der Waals surface area (Å²) in [7, 11) is 1.72. The van der Waals surface area contributed by atoms with Crippen molar-refractivity contribution in [2.24, 2.45) is 4.99 Å². The molecule has 0 unspecified atom stereocenters. The number of hydrogen-bond donors (Lipinski definition) is 2. The average molecular weight is 569 g/mol. The molecular weight excluding hydrogens is 531 g/mol. The van der Waals surface area contributed by atoms with Crippen LogP contribution in [0.1, 0.15) is 50.5 Å². The van der Waals surface area contributed by atoms with Crippen LogP contribution in [0.3, 0.4) is 0 Å². The normalized spacial score (nSPS) is 14.2. The molecule has 1 aromatic carbocycles. The van der Waals surface area contributed by atoms with Gasteiger partial charge < -0.3 is 25.0 Å². The van der Waals surface area contributed by atoms with Gasteiger partial charge in [0.25, 0.3) is 0 Å². The first-order valence-electron chi connectivity index (χ1n) is 11.6. The molecule has 1 aliphatic rings. The standard InChI is InChI=1S/C24H36N6O2.HI/c1-4-19(5-2)22-17-21(32-28-22)18-27-24(25-3)26-12-11-23(31)30-15-13-29(14-16-30)20-9-7-6-8-10-20;/h6-10,17,19H,4-5,11-16,18H2,1-3H3,(H2,25,26,27);1H. The Morgan fingerprint density at radius 2 is 1.82 bits per heavy atom. The highest BCUT2D eigenvalue weighted by atomic mass is 127. The number of piperazine rings is 1. The zero-order chi connectivity index (χ0) is 22.8. The first-order valence-corrected chi connectivity index (χ1v) is 11.6. The van der Waals surface area contributed by atoms with Crippen molar-refractivity contribution in [3.05, 3.63) is 47.9 Å². The first kappa shape index (κ1) is 26.9. The second-order valence-corrected chi connectivity index (χ2v) is 8.04. The van der Waals surface area contributed by atoms with Crippen LogP contribution in [0.4, 0.5) is 5.69 Å². The van der Waals surface area contributed by atoms with Crippen molar-refractivity contribution in [3.63, 3.8) is 0 Å². The summed E-state index contributed by atoms with van der Waals surface area (Å²) in [5.41, 5.74) is 2.22. The largest absolute Gasteiger partial charge is 0.368 e. The highest BCUT2D eigenvalue weighted by Crippen LogP contribution is 2.22. The van der Waals surface area contributed by atoms with Gasteiger partial charge in [0.15, 0.2) is 11.7 Å². The molecule has 8 nitrogen and oxygen atoms in total. The summed E-state index contributed by atoms with van der Waals surface area (Å²) >= 11 is 0. The predicted octanol–water partition coefficient (Wildman–Crippen LogP) is 3.60. The minimum Gasteiger partial charge on any atom is -0.368 e. The maximum Gasteiger partial charge on any atom is 0.224 e. The number of anilines is 1. The minimum atomic E-state index is 0. The van der Waals surface area contributed by atoms with E-state index in [9.17, 15) is 4.79 Å². The smallest absolute Gasteiger partial charge is 0.224 e. The molecule has 0 spiro atoms. The number of para-hydroxylation sites is 1. The fourth-order valence-corrected chi connectivity index (χ4v) is 4.00. The van der Waals surface area contributed by atoms with E-state index in [1.807, 2.05) is 29.2 Å². The fourth-order valence-electron chi connectivity index (χ4n) is 4.00. The number of guanidine groups is 1. The van der Waals surface area contributed by atoms with Gasteiger partial charge in [-0.25, -0.2) is 0 Å². The Hall–Kier alpha value is -2.30. The van der Waals surface area contributed by atoms with Gasteiger partial charge in [0.1, 0.15) is 0 Å². The summed E-state index contributed by atoms with van der Waals surface area (Å²) in [6.45, 7) is 8.60. The number of carbonyl (C=O) groups is 1. The molecule has 0 atom stereocenters. The van der Waals surface area contributed by atoms with E-state index in [0.717, 1.165) is 50.5 Å². The third kappa shape index (κ3) is 7.90. The van der Waals surface area contributed by atoms with Gasteiger partial charge in [0, 0.05) is 63.9 Å². The van der Waals surface area contributed by atoms with Crippen LogP contribution in [0.2, 0.25) is 0 Å². The number of rotatable bonds is 9. The average Bonchev–Trinajstić information content (AvgIpc) is 3.31. The summed E-state index contributed by atoms with van der Waals surface area (Å²) in [6.07, 6.45) is 2.54. The molecule has 182 valence electrons. The number of nitrogens with zero attached hydrogens (tertiary/aromatic N) is 4. The molecular formula is C24H37IN6O2. The van der Waals surface area contributed by atoms with E-state index in [1.165, 1.54) is 5.69 Å². The lowest BCUT2D eigenvalue weighted by Crippen LogP contribution is -2.49. The number of halogens is 1. The lowest BCUT2D eigenvalue weighted by molar-refractivity contribution is -0.131. The molecule has 3 rings (SSSR count). The van der Waals surface area contributed by atoms with Gasteiger partial charge in [-0.3, -0.25) is 9.79 Å². The number of aliphatic imine (C=N–C) groups is 1. The van der Waals surface area contributed by atoms with E-state index < -0.39 is 0 Å². The van der Waals surface area contributed by atoms with Crippen molar-refractivity contribution < 1.29 is 9.32 Å². The summed E-state index contributed by atoms with van der Waals surface area (Å²) < 4.78 is 5.45. The predicted molar refractivity (Wildman–Crippen MR) is 143 cm³/mol. The Kier molecular flexibility index (Phi) is 11.5. The van der Waals surface area contributed by atoms with Crippen molar-refractivity contribution in [3.8, 4) is 0 Å². The molecule has 1 fully saturated rings. The summed E-state index contributed by atoms with van der Waals surface area (Å²) in [6, 6.07) is 12.4. The molecule has 2 aromatic rings. The van der Waals surface area contributed by atoms with Gasteiger partial charge in [-0.2, -0.15) is 0 Å². The molecule has 0 aliphatic carbocycles. The Morgan fingerprint density at radius 1 is 1.12 bits per heavy atom. The van der Waals surface area contributed by atoms with Crippen molar-refractivity contribution in [1.29, 1.82) is 0 Å². The number of nitrogens with one attached hydrogen (secondary N) is 2. The van der Waals surface area contributed by atoms with E-state index in [1.54, 1.807) is 7.05 Å². The van der Waals surface area contributed by atoms with Gasteiger partial charge in [-0.15, -0.1) is 24.0 Å². The van der Waals surface area contributed by atoms with E-state index in [4.69, 9.17) is 4.52 Å². The van der Waals surface area contributed by atoms with Crippen molar-refractivity contribution >= 4 is 41.5 Å². The Bertz CT molecular complexity index is 861. The van der Waals surface area contributed by atoms with E-state index in [0.29, 0.717) is 31.4 Å². The second-order valence-electron chi connectivity index (χ2n) is 8.04. The zero-order valence-corrected chi connectivity index (χ0v) is 22.2. The van der Waals surface area contributed by atoms with Crippen LogP contribution >= 0.6 is 24.0 Å². The molecule has 1 amide bonds. The summed E-state index contributed by atoms with van der Waals surface area (Å²) in [5.74, 6) is 2.03. The molecule has 33 heavy (non-hydrogen) atoms. The second kappa shape index (κ2) is 14.1. The first-order chi connectivity index (χ1) is 15.6. The number of carbonyl (C=O) groups excluding carboxylic acids is 1. The van der Waals surface area contributed by atoms with Gasteiger partial charge in [-0.1, -0.05) is 37.2 Å². The Labute approximate surface area is 214 Å². The number of aromatic nitrogens is 1. The molecule has 0 radical (unpaired) electrons. The van der Waals surface area contributed by atoms with Crippen LogP contribution in [0.25, 0.3) is 0 Å². The Morgan fingerprint density at radius 3 is 2.45 bits per heavy atom. The quantitative estimate of drug-likeness (QED) is 0.273. The van der Waals surface area contributed by atoms with E-state index in [-0.39, 0.29) is 29.9 Å². The van der Waals surface area contributed by atoms with Crippen molar-refractivity contribution in [1.82, 2.24) is 20.7 Å². The minimum absolute atomic E-state index is 0. The fraction of sp³-hybridized carbons (Fsp3) is 0.542. The molecule has 1 aromatic heterocycles. The lowest BCUT2D eigenvalue weighted by Gasteiger charge is -2.36. The molecule has 9 heteroatoms. The monoisotopic (exact) mass is 568 g/mol. The third-order valence-corrected chi connectivity index (χ3v) is 6.02. The van der Waals surface area contributed by atoms with Crippen LogP contribution in [0.15, 0.2) is 45.9 Å². The highest BCUT2D eigenvalue weighted by Gasteiger charge is 2.21. The SMILES string of the molecule is CCC(CC)c1cc(CNC(=NC)NCCC(=O)N2CCN(c3ccccc3)CC2)on1.I. The van der Waals surface area contributed by atoms with Crippen LogP contribution < -0.4 is 15.5 Å².